The van der Waals surface area contributed by atoms with Crippen molar-refractivity contribution in [3.8, 4) is 0 Å². The molecule has 1 atom stereocenters. The van der Waals surface area contributed by atoms with Gasteiger partial charge in [0.2, 0.25) is 0 Å². The Labute approximate surface area is 126 Å². The van der Waals surface area contributed by atoms with Crippen molar-refractivity contribution in [1.29, 1.82) is 0 Å². The molecule has 20 heavy (non-hydrogen) atoms. The molecular weight excluding hydrogens is 276 g/mol. The Balaban J connectivity index is 0.000000956. The van der Waals surface area contributed by atoms with Crippen LogP contribution in [0.3, 0.4) is 0 Å². The fraction of sp³-hybridized carbons (Fsp3) is 0.714. The molecule has 1 aromatic rings. The van der Waals surface area contributed by atoms with Crippen LogP contribution in [0, 0.1) is 0 Å². The number of carbonyl (C=O) groups is 1. The molecule has 0 saturated carbocycles. The average Bonchev–Trinajstić information content (AvgIpc) is 3.04. The zero-order chi connectivity index (χ0) is 15.3. The lowest BCUT2D eigenvalue weighted by Crippen LogP contribution is -2.43. The molecule has 1 fully saturated rings. The first kappa shape index (κ1) is 17.0. The number of aryl methyl sites for hydroxylation is 1. The summed E-state index contributed by atoms with van der Waals surface area (Å²) in [6, 6.07) is 0. The molecule has 1 aliphatic heterocycles. The summed E-state index contributed by atoms with van der Waals surface area (Å²) in [7, 11) is 1.92. The second-order valence-corrected chi connectivity index (χ2v) is 5.38. The molecule has 5 nitrogen and oxygen atoms in total. The second-order valence-electron chi connectivity index (χ2n) is 5.01. The number of likely N-dealkylation sites (tertiary alicyclic amines) is 1. The van der Waals surface area contributed by atoms with Crippen LogP contribution in [0.15, 0.2) is 0 Å². The molecule has 6 heteroatoms. The van der Waals surface area contributed by atoms with Gasteiger partial charge in [-0.25, -0.2) is 0 Å². The number of nitrogens with one attached hydrogen (secondary N) is 2. The number of nitrogens with zero attached hydrogens (tertiary/aromatic N) is 2. The number of likely N-dealkylation sites (N-methyl/N-ethyl adjacent to an activating group) is 1. The summed E-state index contributed by atoms with van der Waals surface area (Å²) in [6.07, 6.45) is 1.69. The van der Waals surface area contributed by atoms with Crippen LogP contribution in [0.4, 0.5) is 0 Å². The van der Waals surface area contributed by atoms with E-state index < -0.39 is 0 Å². The van der Waals surface area contributed by atoms with Crippen LogP contribution >= 0.6 is 11.6 Å². The van der Waals surface area contributed by atoms with Crippen LogP contribution in [-0.2, 0) is 6.42 Å². The van der Waals surface area contributed by atoms with Crippen molar-refractivity contribution in [2.45, 2.75) is 46.1 Å². The molecule has 2 N–H and O–H groups in total. The second kappa shape index (κ2) is 7.09. The first-order chi connectivity index (χ1) is 9.50. The fourth-order valence-electron chi connectivity index (χ4n) is 2.23. The smallest absolute Gasteiger partial charge is 0.275 e. The third kappa shape index (κ3) is 3.33. The van der Waals surface area contributed by atoms with E-state index in [1.165, 1.54) is 0 Å². The van der Waals surface area contributed by atoms with Gasteiger partial charge < -0.3 is 10.2 Å². The molecule has 0 radical (unpaired) electrons. The number of rotatable bonds is 3. The summed E-state index contributed by atoms with van der Waals surface area (Å²) in [5.74, 6) is -0.0880. The normalized spacial score (nSPS) is 21.6. The van der Waals surface area contributed by atoms with E-state index in [0.717, 1.165) is 25.1 Å². The first-order valence-corrected chi connectivity index (χ1v) is 7.59. The minimum atomic E-state index is -0.0880. The molecular formula is C14H25ClN4O. The summed E-state index contributed by atoms with van der Waals surface area (Å²) in [4.78, 5) is 14.1. The van der Waals surface area contributed by atoms with E-state index in [1.54, 1.807) is 4.90 Å². The van der Waals surface area contributed by atoms with Crippen LogP contribution in [0.1, 0.15) is 50.3 Å². The SMILES string of the molecule is CC.CCc1[nH]nc(C(=O)N2CCC(C)(NC)C2)c1Cl. The largest absolute Gasteiger partial charge is 0.335 e. The standard InChI is InChI=1S/C12H19ClN4O.C2H6/c1-4-8-9(13)10(16-15-8)11(18)17-6-5-12(2,7-17)14-3;1-2/h14H,4-7H2,1-3H3,(H,15,16);1-2H3. The van der Waals surface area contributed by atoms with Gasteiger partial charge in [0.15, 0.2) is 5.69 Å². The number of aromatic amines is 1. The van der Waals surface area contributed by atoms with Crippen molar-refractivity contribution in [2.75, 3.05) is 20.1 Å². The van der Waals surface area contributed by atoms with E-state index in [1.807, 2.05) is 27.8 Å². The van der Waals surface area contributed by atoms with Crippen molar-refractivity contribution >= 4 is 17.5 Å². The van der Waals surface area contributed by atoms with Gasteiger partial charge in [-0.05, 0) is 26.8 Å². The number of hydrogen-bond donors (Lipinski definition) is 2. The molecule has 1 aromatic heterocycles. The third-order valence-corrected chi connectivity index (χ3v) is 4.10. The zero-order valence-corrected chi connectivity index (χ0v) is 13.8. The molecule has 0 aromatic carbocycles. The van der Waals surface area contributed by atoms with Crippen LogP contribution in [-0.4, -0.2) is 46.7 Å². The maximum Gasteiger partial charge on any atom is 0.275 e. The van der Waals surface area contributed by atoms with E-state index >= 15 is 0 Å². The summed E-state index contributed by atoms with van der Waals surface area (Å²) in [6.45, 7) is 9.51. The maximum absolute atomic E-state index is 12.3. The topological polar surface area (TPSA) is 61.0 Å². The predicted molar refractivity (Wildman–Crippen MR) is 82.3 cm³/mol. The van der Waals surface area contributed by atoms with Gasteiger partial charge in [0, 0.05) is 18.6 Å². The third-order valence-electron chi connectivity index (χ3n) is 3.70. The van der Waals surface area contributed by atoms with Crippen molar-refractivity contribution in [3.05, 3.63) is 16.4 Å². The monoisotopic (exact) mass is 300 g/mol. The molecule has 0 spiro atoms. The summed E-state index contributed by atoms with van der Waals surface area (Å²) in [5.41, 5.74) is 1.15. The van der Waals surface area contributed by atoms with Crippen molar-refractivity contribution in [2.24, 2.45) is 0 Å². The van der Waals surface area contributed by atoms with Gasteiger partial charge >= 0.3 is 0 Å². The average molecular weight is 301 g/mol. The number of halogens is 1. The van der Waals surface area contributed by atoms with Gasteiger partial charge in [-0.3, -0.25) is 9.89 Å². The highest BCUT2D eigenvalue weighted by atomic mass is 35.5. The van der Waals surface area contributed by atoms with Crippen molar-refractivity contribution < 1.29 is 4.79 Å². The van der Waals surface area contributed by atoms with Crippen molar-refractivity contribution in [3.63, 3.8) is 0 Å². The van der Waals surface area contributed by atoms with Crippen molar-refractivity contribution in [1.82, 2.24) is 20.4 Å². The predicted octanol–water partition coefficient (Wildman–Crippen LogP) is 2.48. The van der Waals surface area contributed by atoms with E-state index in [9.17, 15) is 4.79 Å². The van der Waals surface area contributed by atoms with Gasteiger partial charge in [0.05, 0.1) is 10.7 Å². The highest BCUT2D eigenvalue weighted by Crippen LogP contribution is 2.25. The Morgan fingerprint density at radius 3 is 2.65 bits per heavy atom. The van der Waals surface area contributed by atoms with Crippen LogP contribution in [0.25, 0.3) is 0 Å². The van der Waals surface area contributed by atoms with E-state index in [0.29, 0.717) is 17.3 Å². The van der Waals surface area contributed by atoms with Gasteiger partial charge in [0.25, 0.3) is 5.91 Å². The van der Waals surface area contributed by atoms with E-state index in [2.05, 4.69) is 22.4 Å². The molecule has 1 unspecified atom stereocenters. The van der Waals surface area contributed by atoms with Gasteiger partial charge in [-0.2, -0.15) is 5.10 Å². The fourth-order valence-corrected chi connectivity index (χ4v) is 2.53. The number of amides is 1. The molecule has 0 bridgehead atoms. The van der Waals surface area contributed by atoms with E-state index in [-0.39, 0.29) is 11.4 Å². The van der Waals surface area contributed by atoms with Crippen LogP contribution in [0.5, 0.6) is 0 Å². The van der Waals surface area contributed by atoms with E-state index in [4.69, 9.17) is 11.6 Å². The van der Waals surface area contributed by atoms with Crippen LogP contribution < -0.4 is 5.32 Å². The summed E-state index contributed by atoms with van der Waals surface area (Å²) in [5, 5.41) is 10.6. The minimum Gasteiger partial charge on any atom is -0.335 e. The highest BCUT2D eigenvalue weighted by molar-refractivity contribution is 6.34. The van der Waals surface area contributed by atoms with Gasteiger partial charge in [-0.1, -0.05) is 32.4 Å². The molecule has 0 aliphatic carbocycles. The Hall–Kier alpha value is -1.07. The summed E-state index contributed by atoms with van der Waals surface area (Å²) >= 11 is 6.15. The number of aromatic nitrogens is 2. The lowest BCUT2D eigenvalue weighted by atomic mass is 10.0. The van der Waals surface area contributed by atoms with Crippen LogP contribution in [0.2, 0.25) is 5.02 Å². The van der Waals surface area contributed by atoms with Gasteiger partial charge in [0.1, 0.15) is 0 Å². The first-order valence-electron chi connectivity index (χ1n) is 7.21. The molecule has 2 rings (SSSR count). The lowest BCUT2D eigenvalue weighted by Gasteiger charge is -2.23. The molecule has 1 amide bonds. The minimum absolute atomic E-state index is 0.00791. The summed E-state index contributed by atoms with van der Waals surface area (Å²) < 4.78 is 0. The highest BCUT2D eigenvalue weighted by Gasteiger charge is 2.36. The van der Waals surface area contributed by atoms with Gasteiger partial charge in [-0.15, -0.1) is 0 Å². The molecule has 2 heterocycles. The Bertz CT molecular complexity index is 460. The number of hydrogen-bond acceptors (Lipinski definition) is 3. The zero-order valence-electron chi connectivity index (χ0n) is 13.0. The molecule has 1 aliphatic rings. The molecule has 1 saturated heterocycles. The lowest BCUT2D eigenvalue weighted by molar-refractivity contribution is 0.0777. The Morgan fingerprint density at radius 1 is 1.55 bits per heavy atom. The number of carbonyl (C=O) groups excluding carboxylic acids is 1. The maximum atomic E-state index is 12.3. The number of H-pyrrole nitrogens is 1. The Kier molecular flexibility index (Phi) is 6.02. The quantitative estimate of drug-likeness (QED) is 0.901. The molecule has 114 valence electrons. The Morgan fingerprint density at radius 2 is 2.20 bits per heavy atom.